The van der Waals surface area contributed by atoms with Crippen molar-refractivity contribution >= 4 is 17.7 Å². The molecule has 0 amide bonds. The highest BCUT2D eigenvalue weighted by Crippen LogP contribution is 2.67. The highest BCUT2D eigenvalue weighted by atomic mass is 16.6. The van der Waals surface area contributed by atoms with E-state index in [-0.39, 0.29) is 59.0 Å². The Balaban J connectivity index is 1.88. The number of carbonyl (C=O) groups is 3. The molecule has 0 heterocycles. The van der Waals surface area contributed by atoms with Crippen molar-refractivity contribution < 1.29 is 29.0 Å². The highest BCUT2D eigenvalue weighted by Gasteiger charge is 2.63. The van der Waals surface area contributed by atoms with Crippen molar-refractivity contribution in [3.05, 3.63) is 46.6 Å². The zero-order chi connectivity index (χ0) is 29.1. The van der Waals surface area contributed by atoms with Gasteiger partial charge in [-0.05, 0) is 88.2 Å². The van der Waals surface area contributed by atoms with E-state index in [1.165, 1.54) is 19.4 Å². The smallest absolute Gasteiger partial charge is 0.302 e. The molecule has 0 bridgehead atoms. The van der Waals surface area contributed by atoms with E-state index in [9.17, 15) is 19.5 Å². The van der Waals surface area contributed by atoms with Gasteiger partial charge in [-0.2, -0.15) is 0 Å². The minimum absolute atomic E-state index is 0.0731. The molecule has 3 saturated carbocycles. The van der Waals surface area contributed by atoms with Crippen LogP contribution in [-0.2, 0) is 23.9 Å². The summed E-state index contributed by atoms with van der Waals surface area (Å²) in [6.07, 6.45) is 11.5. The average Bonchev–Trinajstić information content (AvgIpc) is 3.12. The van der Waals surface area contributed by atoms with Gasteiger partial charge in [0.2, 0.25) is 0 Å². The van der Waals surface area contributed by atoms with E-state index in [4.69, 9.17) is 9.47 Å². The molecule has 3 aliphatic carbocycles. The maximum absolute atomic E-state index is 13.6. The third-order valence-electron chi connectivity index (χ3n) is 9.76. The number of hydrogen-bond donors (Lipinski definition) is 1. The third kappa shape index (κ3) is 6.65. The van der Waals surface area contributed by atoms with Crippen molar-refractivity contribution in [2.45, 2.75) is 106 Å². The van der Waals surface area contributed by atoms with Gasteiger partial charge in [-0.25, -0.2) is 0 Å². The monoisotopic (exact) mass is 540 g/mol. The van der Waals surface area contributed by atoms with E-state index < -0.39 is 6.10 Å². The number of ether oxygens (including phenoxy) is 2. The summed E-state index contributed by atoms with van der Waals surface area (Å²) in [6.45, 7) is 15.6. The van der Waals surface area contributed by atoms with Crippen LogP contribution in [-0.4, -0.2) is 41.6 Å². The van der Waals surface area contributed by atoms with Gasteiger partial charge in [-0.3, -0.25) is 14.4 Å². The van der Waals surface area contributed by atoms with Crippen LogP contribution >= 0.6 is 0 Å². The highest BCUT2D eigenvalue weighted by molar-refractivity contribution is 6.00. The number of ketones is 1. The molecule has 3 fully saturated rings. The maximum atomic E-state index is 13.6. The van der Waals surface area contributed by atoms with Gasteiger partial charge in [0.15, 0.2) is 5.78 Å². The van der Waals surface area contributed by atoms with Gasteiger partial charge in [-0.1, -0.05) is 43.7 Å². The van der Waals surface area contributed by atoms with Crippen LogP contribution in [0.4, 0.5) is 0 Å². The van der Waals surface area contributed by atoms with Gasteiger partial charge in [-0.15, -0.1) is 0 Å². The van der Waals surface area contributed by atoms with Gasteiger partial charge < -0.3 is 14.6 Å². The van der Waals surface area contributed by atoms with Crippen LogP contribution in [0.3, 0.4) is 0 Å². The second-order valence-electron chi connectivity index (χ2n) is 12.8. The Morgan fingerprint density at radius 3 is 2.36 bits per heavy atom. The number of esters is 2. The number of aliphatic hydroxyl groups excluding tert-OH is 1. The molecule has 0 spiro atoms. The fourth-order valence-corrected chi connectivity index (χ4v) is 7.84. The molecular weight excluding hydrogens is 492 g/mol. The number of Topliss-reactive ketones (excluding diaryl/α,β-unsaturated/α-hetero) is 1. The summed E-state index contributed by atoms with van der Waals surface area (Å²) < 4.78 is 11.2. The molecule has 6 heteroatoms. The van der Waals surface area contributed by atoms with Gasteiger partial charge in [0.1, 0.15) is 6.10 Å². The summed E-state index contributed by atoms with van der Waals surface area (Å²) >= 11 is 0. The lowest BCUT2D eigenvalue weighted by molar-refractivity contribution is -0.175. The first-order chi connectivity index (χ1) is 18.2. The third-order valence-corrected chi connectivity index (χ3v) is 9.76. The zero-order valence-electron chi connectivity index (χ0n) is 25.1. The van der Waals surface area contributed by atoms with Gasteiger partial charge in [0.05, 0.1) is 12.7 Å². The lowest BCUT2D eigenvalue weighted by atomic mass is 9.46. The quantitative estimate of drug-likeness (QED) is 0.165. The van der Waals surface area contributed by atoms with Crippen molar-refractivity contribution in [1.29, 1.82) is 0 Å². The SMILES string of the molecule is CC(=O)OCC1C(OC(C)=O)CCC2(C)C1CCC1(C)/C(=C(C)/C=C/C=C(\C)C(O)CC=C(C)C)C(=O)CC12. The second-order valence-corrected chi connectivity index (χ2v) is 12.8. The number of hydrogen-bond acceptors (Lipinski definition) is 6. The minimum Gasteiger partial charge on any atom is -0.465 e. The Morgan fingerprint density at radius 2 is 1.74 bits per heavy atom. The molecule has 7 atom stereocenters. The predicted octanol–water partition coefficient (Wildman–Crippen LogP) is 6.44. The number of aliphatic hydroxyl groups is 1. The molecule has 0 saturated heterocycles. The van der Waals surface area contributed by atoms with Crippen molar-refractivity contribution in [2.75, 3.05) is 6.61 Å². The normalized spacial score (nSPS) is 34.7. The van der Waals surface area contributed by atoms with Crippen molar-refractivity contribution in [3.8, 4) is 0 Å². The Hall–Kier alpha value is -2.47. The molecule has 0 aliphatic heterocycles. The number of rotatable bonds is 8. The standard InChI is InChI=1S/C33H48O6/c1-20(2)12-13-27(36)21(3)10-9-11-22(4)31-28(37)18-30-32(7)17-15-29(39-24(6)35)25(19-38-23(5)34)26(32)14-16-33(30,31)8/h9-12,25-27,29-30,36H,13-19H2,1-8H3/b11-9+,21-10+,31-22+. The predicted molar refractivity (Wildman–Crippen MR) is 153 cm³/mol. The molecular formula is C33H48O6. The largest absolute Gasteiger partial charge is 0.465 e. The van der Waals surface area contributed by atoms with E-state index in [1.54, 1.807) is 0 Å². The van der Waals surface area contributed by atoms with Crippen LogP contribution in [0, 0.1) is 28.6 Å². The summed E-state index contributed by atoms with van der Waals surface area (Å²) in [5, 5.41) is 10.4. The summed E-state index contributed by atoms with van der Waals surface area (Å²) in [4.78, 5) is 37.1. The van der Waals surface area contributed by atoms with Crippen LogP contribution in [0.15, 0.2) is 46.6 Å². The summed E-state index contributed by atoms with van der Waals surface area (Å²) in [5.74, 6) is -0.123. The Labute approximate surface area is 234 Å². The van der Waals surface area contributed by atoms with E-state index >= 15 is 0 Å². The van der Waals surface area contributed by atoms with Crippen LogP contribution < -0.4 is 0 Å². The topological polar surface area (TPSA) is 89.9 Å². The van der Waals surface area contributed by atoms with E-state index in [0.29, 0.717) is 19.3 Å². The van der Waals surface area contributed by atoms with Gasteiger partial charge >= 0.3 is 11.9 Å². The van der Waals surface area contributed by atoms with Gasteiger partial charge in [0.25, 0.3) is 0 Å². The Morgan fingerprint density at radius 1 is 1.05 bits per heavy atom. The lowest BCUT2D eigenvalue weighted by Crippen LogP contribution is -2.55. The Bertz CT molecular complexity index is 1090. The number of carbonyl (C=O) groups excluding carboxylic acids is 3. The van der Waals surface area contributed by atoms with Crippen LogP contribution in [0.5, 0.6) is 0 Å². The molecule has 0 radical (unpaired) electrons. The van der Waals surface area contributed by atoms with Crippen LogP contribution in [0.25, 0.3) is 0 Å². The summed E-state index contributed by atoms with van der Waals surface area (Å²) in [5.41, 5.74) is 3.62. The average molecular weight is 541 g/mol. The first-order valence-corrected chi connectivity index (χ1v) is 14.4. The molecule has 1 N–H and O–H groups in total. The number of allylic oxidation sites excluding steroid dienone is 6. The first-order valence-electron chi connectivity index (χ1n) is 14.4. The van der Waals surface area contributed by atoms with Crippen LogP contribution in [0.2, 0.25) is 0 Å². The molecule has 0 aromatic rings. The fraction of sp³-hybridized carbons (Fsp3) is 0.667. The molecule has 6 nitrogen and oxygen atoms in total. The minimum atomic E-state index is -0.523. The maximum Gasteiger partial charge on any atom is 0.302 e. The molecule has 39 heavy (non-hydrogen) atoms. The zero-order valence-corrected chi connectivity index (χ0v) is 25.1. The molecule has 3 rings (SSSR count). The number of fused-ring (bicyclic) bond motifs is 3. The lowest BCUT2D eigenvalue weighted by Gasteiger charge is -2.59. The Kier molecular flexibility index (Phi) is 9.85. The van der Waals surface area contributed by atoms with E-state index in [0.717, 1.165) is 36.0 Å². The summed E-state index contributed by atoms with van der Waals surface area (Å²) in [6, 6.07) is 0. The van der Waals surface area contributed by atoms with Crippen molar-refractivity contribution in [2.24, 2.45) is 28.6 Å². The van der Waals surface area contributed by atoms with Crippen molar-refractivity contribution in [1.82, 2.24) is 0 Å². The van der Waals surface area contributed by atoms with Crippen LogP contribution in [0.1, 0.15) is 93.9 Å². The van der Waals surface area contributed by atoms with Gasteiger partial charge in [0, 0.05) is 37.2 Å². The fourth-order valence-electron chi connectivity index (χ4n) is 7.84. The van der Waals surface area contributed by atoms with Crippen molar-refractivity contribution in [3.63, 3.8) is 0 Å². The van der Waals surface area contributed by atoms with E-state index in [1.807, 2.05) is 52.0 Å². The molecule has 3 aliphatic rings. The molecule has 7 unspecified atom stereocenters. The molecule has 0 aromatic heterocycles. The molecule has 0 aromatic carbocycles. The molecule has 216 valence electrons. The first kappa shape index (κ1) is 31.1. The second kappa shape index (κ2) is 12.4. The van der Waals surface area contributed by atoms with E-state index in [2.05, 4.69) is 13.8 Å². The summed E-state index contributed by atoms with van der Waals surface area (Å²) in [7, 11) is 0.